The molecule has 1 amide bonds. The third kappa shape index (κ3) is 5.81. The van der Waals surface area contributed by atoms with Gasteiger partial charge in [-0.3, -0.25) is 9.48 Å². The van der Waals surface area contributed by atoms with Crippen LogP contribution < -0.4 is 10.1 Å². The fourth-order valence-electron chi connectivity index (χ4n) is 2.80. The van der Waals surface area contributed by atoms with Gasteiger partial charge in [-0.05, 0) is 57.2 Å². The van der Waals surface area contributed by atoms with Crippen LogP contribution in [0.2, 0.25) is 0 Å². The molecule has 0 saturated carbocycles. The standard InChI is InChI=1S/C22H16Br2FN3O2S/c23-16-6-4-14(5-7-16)10-28-11-19(24)21(27-28)26-22(29)20-8-15(13-31-20)12-30-18-3-1-2-17(25)9-18/h1-9,11,13H,10,12H2,(H,26,27,29). The van der Waals surface area contributed by atoms with E-state index in [1.807, 2.05) is 35.8 Å². The number of hydrogen-bond donors (Lipinski definition) is 1. The van der Waals surface area contributed by atoms with Crippen molar-refractivity contribution in [2.75, 3.05) is 5.32 Å². The fraction of sp³-hybridized carbons (Fsp3) is 0.0909. The van der Waals surface area contributed by atoms with E-state index in [1.54, 1.807) is 22.9 Å². The number of nitrogens with zero attached hydrogens (tertiary/aromatic N) is 2. The van der Waals surface area contributed by atoms with Crippen molar-refractivity contribution in [1.82, 2.24) is 9.78 Å². The lowest BCUT2D eigenvalue weighted by molar-refractivity contribution is 0.103. The molecule has 0 aliphatic rings. The van der Waals surface area contributed by atoms with Gasteiger partial charge in [0.2, 0.25) is 0 Å². The van der Waals surface area contributed by atoms with Gasteiger partial charge >= 0.3 is 0 Å². The molecule has 31 heavy (non-hydrogen) atoms. The van der Waals surface area contributed by atoms with Gasteiger partial charge in [-0.25, -0.2) is 4.39 Å². The average Bonchev–Trinajstić information content (AvgIpc) is 3.35. The number of ether oxygens (including phenoxy) is 1. The highest BCUT2D eigenvalue weighted by Gasteiger charge is 2.14. The smallest absolute Gasteiger partial charge is 0.266 e. The molecule has 0 aliphatic heterocycles. The molecule has 5 nitrogen and oxygen atoms in total. The van der Waals surface area contributed by atoms with Crippen molar-refractivity contribution in [3.8, 4) is 5.75 Å². The zero-order valence-corrected chi connectivity index (χ0v) is 20.0. The lowest BCUT2D eigenvalue weighted by Gasteiger charge is -2.04. The van der Waals surface area contributed by atoms with Crippen LogP contribution in [-0.2, 0) is 13.2 Å². The number of rotatable bonds is 7. The van der Waals surface area contributed by atoms with Gasteiger partial charge in [-0.15, -0.1) is 11.3 Å². The van der Waals surface area contributed by atoms with Crippen LogP contribution in [0.15, 0.2) is 75.1 Å². The highest BCUT2D eigenvalue weighted by Crippen LogP contribution is 2.24. The first kappa shape index (κ1) is 21.7. The van der Waals surface area contributed by atoms with E-state index in [9.17, 15) is 9.18 Å². The molecule has 4 rings (SSSR count). The highest BCUT2D eigenvalue weighted by molar-refractivity contribution is 9.10. The molecule has 9 heteroatoms. The van der Waals surface area contributed by atoms with Crippen LogP contribution in [0.25, 0.3) is 0 Å². The van der Waals surface area contributed by atoms with Gasteiger partial charge in [-0.1, -0.05) is 34.1 Å². The van der Waals surface area contributed by atoms with Crippen LogP contribution in [0, 0.1) is 5.82 Å². The number of aromatic nitrogens is 2. The van der Waals surface area contributed by atoms with E-state index in [2.05, 4.69) is 42.3 Å². The molecule has 0 spiro atoms. The third-order valence-electron chi connectivity index (χ3n) is 4.29. The first-order valence-corrected chi connectivity index (χ1v) is 11.7. The molecule has 1 N–H and O–H groups in total. The molecule has 158 valence electrons. The van der Waals surface area contributed by atoms with Gasteiger partial charge in [0.1, 0.15) is 18.2 Å². The number of nitrogens with one attached hydrogen (secondary N) is 1. The van der Waals surface area contributed by atoms with Gasteiger partial charge in [0.25, 0.3) is 5.91 Å². The van der Waals surface area contributed by atoms with E-state index in [0.717, 1.165) is 15.6 Å². The van der Waals surface area contributed by atoms with Gasteiger partial charge in [0, 0.05) is 22.3 Å². The Morgan fingerprint density at radius 1 is 1.13 bits per heavy atom. The average molecular weight is 565 g/mol. The summed E-state index contributed by atoms with van der Waals surface area (Å²) in [5, 5.41) is 9.13. The Labute approximate surface area is 199 Å². The van der Waals surface area contributed by atoms with Crippen molar-refractivity contribution in [1.29, 1.82) is 0 Å². The first-order valence-electron chi connectivity index (χ1n) is 9.21. The van der Waals surface area contributed by atoms with E-state index in [1.165, 1.54) is 23.5 Å². The number of hydrogen-bond acceptors (Lipinski definition) is 4. The maximum atomic E-state index is 13.2. The minimum Gasteiger partial charge on any atom is -0.489 e. The van der Waals surface area contributed by atoms with E-state index < -0.39 is 0 Å². The number of thiophene rings is 1. The van der Waals surface area contributed by atoms with Crippen molar-refractivity contribution >= 4 is 54.9 Å². The Balaban J connectivity index is 1.37. The van der Waals surface area contributed by atoms with Gasteiger partial charge in [0.05, 0.1) is 15.9 Å². The lowest BCUT2D eigenvalue weighted by atomic mass is 10.2. The summed E-state index contributed by atoms with van der Waals surface area (Å²) in [6, 6.07) is 15.7. The second-order valence-corrected chi connectivity index (χ2v) is 9.35. The molecule has 0 atom stereocenters. The molecule has 2 aromatic heterocycles. The summed E-state index contributed by atoms with van der Waals surface area (Å²) in [5.74, 6) is 0.287. The van der Waals surface area contributed by atoms with Crippen LogP contribution in [0.5, 0.6) is 5.75 Å². The van der Waals surface area contributed by atoms with Gasteiger partial charge in [0.15, 0.2) is 5.82 Å². The van der Waals surface area contributed by atoms with E-state index in [0.29, 0.717) is 27.5 Å². The van der Waals surface area contributed by atoms with E-state index in [4.69, 9.17) is 4.74 Å². The lowest BCUT2D eigenvalue weighted by Crippen LogP contribution is -2.11. The number of benzene rings is 2. The molecule has 0 fully saturated rings. The summed E-state index contributed by atoms with van der Waals surface area (Å²) in [6.07, 6.45) is 1.82. The summed E-state index contributed by atoms with van der Waals surface area (Å²) >= 11 is 8.19. The van der Waals surface area contributed by atoms with Crippen molar-refractivity contribution in [2.24, 2.45) is 0 Å². The molecule has 2 heterocycles. The zero-order valence-electron chi connectivity index (χ0n) is 16.0. The Hall–Kier alpha value is -2.49. The molecule has 4 aromatic rings. The molecular formula is C22H16Br2FN3O2S. The third-order valence-corrected chi connectivity index (χ3v) is 6.37. The maximum absolute atomic E-state index is 13.2. The van der Waals surface area contributed by atoms with Crippen molar-refractivity contribution < 1.29 is 13.9 Å². The summed E-state index contributed by atoms with van der Waals surface area (Å²) in [4.78, 5) is 13.2. The number of carbonyl (C=O) groups excluding carboxylic acids is 1. The maximum Gasteiger partial charge on any atom is 0.266 e. The normalized spacial score (nSPS) is 10.8. The van der Waals surface area contributed by atoms with Crippen LogP contribution >= 0.6 is 43.2 Å². The predicted molar refractivity (Wildman–Crippen MR) is 126 cm³/mol. The van der Waals surface area contributed by atoms with Crippen molar-refractivity contribution in [3.05, 3.63) is 96.9 Å². The first-order chi connectivity index (χ1) is 15.0. The second kappa shape index (κ2) is 9.76. The Morgan fingerprint density at radius 2 is 1.94 bits per heavy atom. The SMILES string of the molecule is O=C(Nc1nn(Cc2ccc(Br)cc2)cc1Br)c1cc(COc2cccc(F)c2)cs1. The molecule has 0 bridgehead atoms. The number of anilines is 1. The van der Waals surface area contributed by atoms with Crippen molar-refractivity contribution in [3.63, 3.8) is 0 Å². The molecular weight excluding hydrogens is 549 g/mol. The Morgan fingerprint density at radius 3 is 2.71 bits per heavy atom. The minimum absolute atomic E-state index is 0.249. The van der Waals surface area contributed by atoms with Gasteiger partial charge in [-0.2, -0.15) is 5.10 Å². The van der Waals surface area contributed by atoms with Crippen LogP contribution in [0.1, 0.15) is 20.8 Å². The number of amides is 1. The Kier molecular flexibility index (Phi) is 6.84. The van der Waals surface area contributed by atoms with Crippen molar-refractivity contribution in [2.45, 2.75) is 13.2 Å². The second-order valence-electron chi connectivity index (χ2n) is 6.67. The zero-order chi connectivity index (χ0) is 21.8. The quantitative estimate of drug-likeness (QED) is 0.279. The minimum atomic E-state index is -0.354. The topological polar surface area (TPSA) is 56.2 Å². The highest BCUT2D eigenvalue weighted by atomic mass is 79.9. The van der Waals surface area contributed by atoms with Crippen LogP contribution in [0.3, 0.4) is 0 Å². The molecule has 0 unspecified atom stereocenters. The molecule has 0 saturated heterocycles. The van der Waals surface area contributed by atoms with Crippen LogP contribution in [0.4, 0.5) is 10.2 Å². The number of halogens is 3. The monoisotopic (exact) mass is 563 g/mol. The fourth-order valence-corrected chi connectivity index (χ4v) is 4.27. The molecule has 0 aliphatic carbocycles. The van der Waals surface area contributed by atoms with Gasteiger partial charge < -0.3 is 10.1 Å². The van der Waals surface area contributed by atoms with Crippen LogP contribution in [-0.4, -0.2) is 15.7 Å². The van der Waals surface area contributed by atoms with E-state index >= 15 is 0 Å². The summed E-state index contributed by atoms with van der Waals surface area (Å²) in [7, 11) is 0. The molecule has 2 aromatic carbocycles. The summed E-state index contributed by atoms with van der Waals surface area (Å²) in [6.45, 7) is 0.834. The largest absolute Gasteiger partial charge is 0.489 e. The van der Waals surface area contributed by atoms with E-state index in [-0.39, 0.29) is 18.3 Å². The molecule has 0 radical (unpaired) electrons. The summed E-state index contributed by atoms with van der Waals surface area (Å²) < 4.78 is 22.3. The number of carbonyl (C=O) groups is 1. The Bertz CT molecular complexity index is 1210. The predicted octanol–water partition coefficient (Wildman–Crippen LogP) is 6.49. The summed E-state index contributed by atoms with van der Waals surface area (Å²) in [5.41, 5.74) is 1.93.